The summed E-state index contributed by atoms with van der Waals surface area (Å²) < 4.78 is 6.39. The molecule has 0 saturated carbocycles. The largest absolute Gasteiger partial charge is 0.455 e. The first-order chi connectivity index (χ1) is 20.6. The minimum atomic E-state index is -0.0881. The molecule has 0 unspecified atom stereocenters. The molecule has 1 aliphatic carbocycles. The number of fused-ring (bicyclic) bond motifs is 9. The molecule has 0 atom stereocenters. The third-order valence-electron chi connectivity index (χ3n) is 9.10. The quantitative estimate of drug-likeness (QED) is 0.220. The minimum absolute atomic E-state index is 0.0881. The molecule has 0 aliphatic heterocycles. The van der Waals surface area contributed by atoms with E-state index >= 15 is 0 Å². The number of benzene rings is 6. The number of para-hydroxylation sites is 2. The molecule has 9 rings (SSSR count). The first-order valence-electron chi connectivity index (χ1n) is 14.4. The summed E-state index contributed by atoms with van der Waals surface area (Å²) in [5, 5.41) is 5.50. The lowest BCUT2D eigenvalue weighted by atomic mass is 9.82. The van der Waals surface area contributed by atoms with Crippen LogP contribution in [0.3, 0.4) is 0 Å². The molecule has 2 heterocycles. The fourth-order valence-corrected chi connectivity index (χ4v) is 7.00. The Morgan fingerprint density at radius 2 is 1.21 bits per heavy atom. The maximum atomic E-state index is 6.39. The van der Waals surface area contributed by atoms with Crippen LogP contribution in [0.4, 0.5) is 0 Å². The Morgan fingerprint density at radius 1 is 0.524 bits per heavy atom. The summed E-state index contributed by atoms with van der Waals surface area (Å²) in [6, 6.07) is 42.8. The zero-order valence-corrected chi connectivity index (χ0v) is 23.3. The first kappa shape index (κ1) is 23.4. The Balaban J connectivity index is 1.28. The highest BCUT2D eigenvalue weighted by Crippen LogP contribution is 2.49. The number of hydrogen-bond donors (Lipinski definition) is 0. The summed E-state index contributed by atoms with van der Waals surface area (Å²) >= 11 is 0. The topological polar surface area (TPSA) is 38.9 Å². The Labute approximate surface area is 243 Å². The number of hydrogen-bond acceptors (Lipinski definition) is 3. The van der Waals surface area contributed by atoms with Gasteiger partial charge in [-0.05, 0) is 51.9 Å². The van der Waals surface area contributed by atoms with E-state index in [-0.39, 0.29) is 5.41 Å². The predicted molar refractivity (Wildman–Crippen MR) is 173 cm³/mol. The molecule has 198 valence electrons. The van der Waals surface area contributed by atoms with Crippen LogP contribution >= 0.6 is 0 Å². The third kappa shape index (κ3) is 3.16. The van der Waals surface area contributed by atoms with E-state index in [0.717, 1.165) is 66.3 Å². The maximum Gasteiger partial charge on any atom is 0.160 e. The molecule has 0 fully saturated rings. The zero-order chi connectivity index (χ0) is 28.0. The molecular formula is C39H26N2O. The van der Waals surface area contributed by atoms with Gasteiger partial charge in [-0.2, -0.15) is 0 Å². The van der Waals surface area contributed by atoms with E-state index in [1.165, 1.54) is 22.3 Å². The van der Waals surface area contributed by atoms with Gasteiger partial charge in [0.1, 0.15) is 11.2 Å². The number of nitrogens with zero attached hydrogens (tertiary/aromatic N) is 2. The molecule has 42 heavy (non-hydrogen) atoms. The van der Waals surface area contributed by atoms with Gasteiger partial charge in [0, 0.05) is 38.1 Å². The van der Waals surface area contributed by atoms with Gasteiger partial charge in [0.05, 0.1) is 11.2 Å². The Bertz CT molecular complexity index is 2400. The van der Waals surface area contributed by atoms with Crippen molar-refractivity contribution in [2.75, 3.05) is 0 Å². The van der Waals surface area contributed by atoms with E-state index in [4.69, 9.17) is 14.4 Å². The highest BCUT2D eigenvalue weighted by Gasteiger charge is 2.35. The van der Waals surface area contributed by atoms with Crippen molar-refractivity contribution in [3.8, 4) is 33.8 Å². The molecule has 3 nitrogen and oxygen atoms in total. The molecule has 6 aromatic carbocycles. The standard InChI is InChI=1S/C39H26N2O/c1-39(2)32-15-6-3-10-25(32)26-19-18-23(22-33(26)39)38-40-34-16-7-4-12-31(34)36(41-38)28-13-9-14-29-24(28)20-21-30-27-11-5-8-17-35(27)42-37(29)30/h3-22H,1-2H3. The van der Waals surface area contributed by atoms with Crippen molar-refractivity contribution < 1.29 is 4.42 Å². The summed E-state index contributed by atoms with van der Waals surface area (Å²) in [4.78, 5) is 10.4. The fraction of sp³-hybridized carbons (Fsp3) is 0.0769. The molecule has 1 aliphatic rings. The van der Waals surface area contributed by atoms with Gasteiger partial charge in [-0.25, -0.2) is 9.97 Å². The van der Waals surface area contributed by atoms with Gasteiger partial charge < -0.3 is 4.42 Å². The smallest absolute Gasteiger partial charge is 0.160 e. The van der Waals surface area contributed by atoms with Crippen molar-refractivity contribution in [2.45, 2.75) is 19.3 Å². The summed E-state index contributed by atoms with van der Waals surface area (Å²) in [7, 11) is 0. The third-order valence-corrected chi connectivity index (χ3v) is 9.10. The van der Waals surface area contributed by atoms with Gasteiger partial charge in [0.2, 0.25) is 0 Å². The second-order valence-corrected chi connectivity index (χ2v) is 11.8. The summed E-state index contributed by atoms with van der Waals surface area (Å²) in [6.45, 7) is 4.62. The highest BCUT2D eigenvalue weighted by molar-refractivity contribution is 6.18. The van der Waals surface area contributed by atoms with Crippen molar-refractivity contribution in [1.82, 2.24) is 9.97 Å². The predicted octanol–water partition coefficient (Wildman–Crippen LogP) is 10.3. The van der Waals surface area contributed by atoms with E-state index < -0.39 is 0 Å². The minimum Gasteiger partial charge on any atom is -0.455 e. The molecule has 2 aromatic heterocycles. The van der Waals surface area contributed by atoms with E-state index in [1.54, 1.807) is 0 Å². The highest BCUT2D eigenvalue weighted by atomic mass is 16.3. The second kappa shape index (κ2) is 8.37. The van der Waals surface area contributed by atoms with Crippen LogP contribution in [-0.4, -0.2) is 9.97 Å². The van der Waals surface area contributed by atoms with Crippen LogP contribution in [0.1, 0.15) is 25.0 Å². The van der Waals surface area contributed by atoms with Crippen molar-refractivity contribution >= 4 is 43.6 Å². The number of furan rings is 1. The van der Waals surface area contributed by atoms with Gasteiger partial charge in [-0.3, -0.25) is 0 Å². The number of rotatable bonds is 2. The van der Waals surface area contributed by atoms with Gasteiger partial charge in [-0.15, -0.1) is 0 Å². The molecule has 0 bridgehead atoms. The van der Waals surface area contributed by atoms with Gasteiger partial charge in [0.15, 0.2) is 5.82 Å². The zero-order valence-electron chi connectivity index (χ0n) is 23.3. The van der Waals surface area contributed by atoms with Crippen LogP contribution in [0.25, 0.3) is 77.4 Å². The van der Waals surface area contributed by atoms with E-state index in [9.17, 15) is 0 Å². The SMILES string of the molecule is CC1(C)c2ccccc2-c2ccc(-c3nc(-c4cccc5c4ccc4c6ccccc6oc54)c4ccccc4n3)cc21. The van der Waals surface area contributed by atoms with E-state index in [2.05, 4.69) is 117 Å². The Kier molecular flexibility index (Phi) is 4.67. The van der Waals surface area contributed by atoms with E-state index in [0.29, 0.717) is 0 Å². The van der Waals surface area contributed by atoms with Crippen LogP contribution in [0, 0.1) is 0 Å². The van der Waals surface area contributed by atoms with Crippen molar-refractivity contribution in [2.24, 2.45) is 0 Å². The Hall–Kier alpha value is -5.28. The fourth-order valence-electron chi connectivity index (χ4n) is 7.00. The molecule has 0 N–H and O–H groups in total. The van der Waals surface area contributed by atoms with Crippen molar-refractivity contribution in [1.29, 1.82) is 0 Å². The summed E-state index contributed by atoms with van der Waals surface area (Å²) in [5.41, 5.74) is 11.0. The molecule has 0 radical (unpaired) electrons. The summed E-state index contributed by atoms with van der Waals surface area (Å²) in [5.74, 6) is 0.736. The molecule has 3 heteroatoms. The van der Waals surface area contributed by atoms with E-state index in [1.807, 2.05) is 18.2 Å². The summed E-state index contributed by atoms with van der Waals surface area (Å²) in [6.07, 6.45) is 0. The average Bonchev–Trinajstić information content (AvgIpc) is 3.53. The van der Waals surface area contributed by atoms with Crippen LogP contribution in [-0.2, 0) is 5.41 Å². The first-order valence-corrected chi connectivity index (χ1v) is 14.4. The van der Waals surface area contributed by atoms with Crippen LogP contribution in [0.15, 0.2) is 126 Å². The molecule has 0 amide bonds. The average molecular weight is 539 g/mol. The van der Waals surface area contributed by atoms with Gasteiger partial charge in [0.25, 0.3) is 0 Å². The van der Waals surface area contributed by atoms with Crippen molar-refractivity contribution in [3.05, 3.63) is 132 Å². The second-order valence-electron chi connectivity index (χ2n) is 11.8. The lowest BCUT2D eigenvalue weighted by Gasteiger charge is -2.21. The molecule has 0 saturated heterocycles. The molecule has 0 spiro atoms. The normalized spacial score (nSPS) is 13.7. The van der Waals surface area contributed by atoms with Gasteiger partial charge in [-0.1, -0.05) is 111 Å². The lowest BCUT2D eigenvalue weighted by molar-refractivity contribution is 0.660. The maximum absolute atomic E-state index is 6.39. The van der Waals surface area contributed by atoms with Gasteiger partial charge >= 0.3 is 0 Å². The lowest BCUT2D eigenvalue weighted by Crippen LogP contribution is -2.15. The van der Waals surface area contributed by atoms with Crippen LogP contribution in [0.5, 0.6) is 0 Å². The molecule has 8 aromatic rings. The van der Waals surface area contributed by atoms with Crippen molar-refractivity contribution in [3.63, 3.8) is 0 Å². The monoisotopic (exact) mass is 538 g/mol. The molecular weight excluding hydrogens is 512 g/mol. The van der Waals surface area contributed by atoms with Crippen LogP contribution < -0.4 is 0 Å². The Morgan fingerprint density at radius 3 is 2.14 bits per heavy atom. The number of aromatic nitrogens is 2. The van der Waals surface area contributed by atoms with Crippen LogP contribution in [0.2, 0.25) is 0 Å².